The van der Waals surface area contributed by atoms with Crippen LogP contribution in [0, 0.1) is 3.57 Å². The van der Waals surface area contributed by atoms with Crippen LogP contribution < -0.4 is 5.32 Å². The van der Waals surface area contributed by atoms with Crippen molar-refractivity contribution in [2.75, 3.05) is 6.54 Å². The van der Waals surface area contributed by atoms with Crippen LogP contribution in [0.2, 0.25) is 0 Å². The van der Waals surface area contributed by atoms with E-state index in [0.29, 0.717) is 6.04 Å². The number of thiophene rings is 1. The van der Waals surface area contributed by atoms with Crippen LogP contribution in [-0.4, -0.2) is 6.54 Å². The van der Waals surface area contributed by atoms with Gasteiger partial charge < -0.3 is 5.32 Å². The third-order valence-corrected chi connectivity index (χ3v) is 4.19. The summed E-state index contributed by atoms with van der Waals surface area (Å²) in [6, 6.07) is 11.4. The highest BCUT2D eigenvalue weighted by Crippen LogP contribution is 2.20. The molecule has 3 heteroatoms. The van der Waals surface area contributed by atoms with Crippen molar-refractivity contribution in [3.05, 3.63) is 55.8 Å². The Morgan fingerprint density at radius 2 is 2.00 bits per heavy atom. The smallest absolute Gasteiger partial charge is 0.0361 e. The summed E-state index contributed by atoms with van der Waals surface area (Å²) in [5, 5.41) is 7.94. The van der Waals surface area contributed by atoms with Gasteiger partial charge in [-0.05, 0) is 75.6 Å². The third-order valence-electron chi connectivity index (χ3n) is 2.74. The molecule has 0 fully saturated rings. The summed E-state index contributed by atoms with van der Waals surface area (Å²) in [7, 11) is 0. The van der Waals surface area contributed by atoms with Crippen LogP contribution in [0.15, 0.2) is 41.1 Å². The Balaban J connectivity index is 2.13. The Morgan fingerprint density at radius 1 is 1.24 bits per heavy atom. The van der Waals surface area contributed by atoms with Gasteiger partial charge in [0, 0.05) is 9.61 Å². The van der Waals surface area contributed by atoms with Gasteiger partial charge in [-0.15, -0.1) is 0 Å². The molecule has 1 unspecified atom stereocenters. The number of halogens is 1. The molecule has 0 saturated carbocycles. The van der Waals surface area contributed by atoms with Crippen molar-refractivity contribution < 1.29 is 0 Å². The molecule has 2 rings (SSSR count). The summed E-state index contributed by atoms with van der Waals surface area (Å²) in [5.41, 5.74) is 2.79. The van der Waals surface area contributed by atoms with Gasteiger partial charge in [-0.2, -0.15) is 11.3 Å². The zero-order valence-corrected chi connectivity index (χ0v) is 12.8. The van der Waals surface area contributed by atoms with Crippen LogP contribution in [-0.2, 0) is 6.42 Å². The van der Waals surface area contributed by atoms with Crippen molar-refractivity contribution >= 4 is 33.9 Å². The molecule has 90 valence electrons. The number of benzene rings is 1. The molecule has 1 aromatic carbocycles. The zero-order valence-electron chi connectivity index (χ0n) is 9.82. The molecule has 0 aliphatic rings. The quantitative estimate of drug-likeness (QED) is 0.789. The van der Waals surface area contributed by atoms with Gasteiger partial charge in [-0.25, -0.2) is 0 Å². The van der Waals surface area contributed by atoms with Crippen LogP contribution >= 0.6 is 33.9 Å². The van der Waals surface area contributed by atoms with Gasteiger partial charge in [0.25, 0.3) is 0 Å². The lowest BCUT2D eigenvalue weighted by Gasteiger charge is -2.18. The Bertz CT molecular complexity index is 436. The van der Waals surface area contributed by atoms with Gasteiger partial charge in [-0.3, -0.25) is 0 Å². The SMILES string of the molecule is CCNC(Cc1ccsc1)c1ccc(I)cc1. The largest absolute Gasteiger partial charge is 0.310 e. The molecule has 0 radical (unpaired) electrons. The van der Waals surface area contributed by atoms with Crippen LogP contribution in [0.4, 0.5) is 0 Å². The van der Waals surface area contributed by atoms with Gasteiger partial charge in [-0.1, -0.05) is 19.1 Å². The van der Waals surface area contributed by atoms with E-state index in [1.165, 1.54) is 14.7 Å². The Kier molecular flexibility index (Phi) is 5.00. The van der Waals surface area contributed by atoms with E-state index in [9.17, 15) is 0 Å². The number of hydrogen-bond donors (Lipinski definition) is 1. The van der Waals surface area contributed by atoms with Crippen molar-refractivity contribution in [1.29, 1.82) is 0 Å². The van der Waals surface area contributed by atoms with Gasteiger partial charge in [0.05, 0.1) is 0 Å². The predicted molar refractivity (Wildman–Crippen MR) is 83.6 cm³/mol. The summed E-state index contributed by atoms with van der Waals surface area (Å²) >= 11 is 4.11. The second-order valence-corrected chi connectivity index (χ2v) is 6.02. The molecule has 17 heavy (non-hydrogen) atoms. The summed E-state index contributed by atoms with van der Waals surface area (Å²) in [4.78, 5) is 0. The van der Waals surface area contributed by atoms with E-state index in [-0.39, 0.29) is 0 Å². The van der Waals surface area contributed by atoms with Crippen LogP contribution in [0.5, 0.6) is 0 Å². The third kappa shape index (κ3) is 3.79. The van der Waals surface area contributed by atoms with E-state index in [1.54, 1.807) is 11.3 Å². The molecule has 0 saturated heterocycles. The molecule has 1 heterocycles. The minimum absolute atomic E-state index is 0.423. The first-order valence-electron chi connectivity index (χ1n) is 5.79. The molecular weight excluding hydrogens is 341 g/mol. The molecular formula is C14H16INS. The average molecular weight is 357 g/mol. The summed E-state index contributed by atoms with van der Waals surface area (Å²) in [6.45, 7) is 3.16. The second-order valence-electron chi connectivity index (χ2n) is 4.00. The minimum atomic E-state index is 0.423. The molecule has 0 spiro atoms. The Labute approximate surface area is 120 Å². The molecule has 1 nitrogen and oxygen atoms in total. The van der Waals surface area contributed by atoms with Gasteiger partial charge in [0.2, 0.25) is 0 Å². The lowest BCUT2D eigenvalue weighted by molar-refractivity contribution is 0.550. The van der Waals surface area contributed by atoms with Gasteiger partial charge in [0.1, 0.15) is 0 Å². The molecule has 0 amide bonds. The van der Waals surface area contributed by atoms with E-state index >= 15 is 0 Å². The van der Waals surface area contributed by atoms with Crippen molar-refractivity contribution in [2.45, 2.75) is 19.4 Å². The van der Waals surface area contributed by atoms with E-state index in [4.69, 9.17) is 0 Å². The number of likely N-dealkylation sites (N-methyl/N-ethyl adjacent to an activating group) is 1. The fourth-order valence-electron chi connectivity index (χ4n) is 1.89. The van der Waals surface area contributed by atoms with Crippen molar-refractivity contribution in [2.24, 2.45) is 0 Å². The molecule has 0 aliphatic carbocycles. The van der Waals surface area contributed by atoms with E-state index < -0.39 is 0 Å². The summed E-state index contributed by atoms with van der Waals surface area (Å²) < 4.78 is 1.29. The Hall–Kier alpha value is -0.390. The topological polar surface area (TPSA) is 12.0 Å². The van der Waals surface area contributed by atoms with E-state index in [0.717, 1.165) is 13.0 Å². The van der Waals surface area contributed by atoms with E-state index in [1.807, 2.05) is 0 Å². The maximum Gasteiger partial charge on any atom is 0.0361 e. The molecule has 1 aromatic heterocycles. The van der Waals surface area contributed by atoms with E-state index in [2.05, 4.69) is 75.9 Å². The van der Waals surface area contributed by atoms with Crippen molar-refractivity contribution in [3.8, 4) is 0 Å². The Morgan fingerprint density at radius 3 is 2.59 bits per heavy atom. The first kappa shape index (κ1) is 13.1. The number of hydrogen-bond acceptors (Lipinski definition) is 2. The lowest BCUT2D eigenvalue weighted by atomic mass is 10.0. The van der Waals surface area contributed by atoms with Crippen LogP contribution in [0.1, 0.15) is 24.1 Å². The van der Waals surface area contributed by atoms with Gasteiger partial charge >= 0.3 is 0 Å². The highest BCUT2D eigenvalue weighted by Gasteiger charge is 2.11. The first-order valence-corrected chi connectivity index (χ1v) is 7.81. The lowest BCUT2D eigenvalue weighted by Crippen LogP contribution is -2.22. The van der Waals surface area contributed by atoms with Crippen molar-refractivity contribution in [3.63, 3.8) is 0 Å². The molecule has 0 bridgehead atoms. The molecule has 2 aromatic rings. The van der Waals surface area contributed by atoms with Gasteiger partial charge in [0.15, 0.2) is 0 Å². The highest BCUT2D eigenvalue weighted by atomic mass is 127. The van der Waals surface area contributed by atoms with Crippen molar-refractivity contribution in [1.82, 2.24) is 5.32 Å². The minimum Gasteiger partial charge on any atom is -0.310 e. The second kappa shape index (κ2) is 6.52. The monoisotopic (exact) mass is 357 g/mol. The number of rotatable bonds is 5. The first-order chi connectivity index (χ1) is 8.29. The fraction of sp³-hybridized carbons (Fsp3) is 0.286. The highest BCUT2D eigenvalue weighted by molar-refractivity contribution is 14.1. The molecule has 1 atom stereocenters. The standard InChI is InChI=1S/C14H16INS/c1-2-16-14(9-11-7-8-17-10-11)12-3-5-13(15)6-4-12/h3-8,10,14,16H,2,9H2,1H3. The average Bonchev–Trinajstić information content (AvgIpc) is 2.82. The predicted octanol–water partition coefficient (Wildman–Crippen LogP) is 4.25. The molecule has 0 aliphatic heterocycles. The maximum atomic E-state index is 3.56. The van der Waals surface area contributed by atoms with Crippen LogP contribution in [0.3, 0.4) is 0 Å². The summed E-state index contributed by atoms with van der Waals surface area (Å²) in [5.74, 6) is 0. The maximum absolute atomic E-state index is 3.56. The number of nitrogens with one attached hydrogen (secondary N) is 1. The van der Waals surface area contributed by atoms with Crippen LogP contribution in [0.25, 0.3) is 0 Å². The summed E-state index contributed by atoms with van der Waals surface area (Å²) in [6.07, 6.45) is 1.07. The zero-order chi connectivity index (χ0) is 12.1. The normalized spacial score (nSPS) is 12.6. The fourth-order valence-corrected chi connectivity index (χ4v) is 2.93. The molecule has 1 N–H and O–H groups in total.